The van der Waals surface area contributed by atoms with Gasteiger partial charge in [-0.25, -0.2) is 0 Å². The molecule has 2 fully saturated rings. The van der Waals surface area contributed by atoms with Gasteiger partial charge in [0, 0.05) is 55.5 Å². The molecule has 2 aliphatic rings. The van der Waals surface area contributed by atoms with Gasteiger partial charge in [-0.2, -0.15) is 0 Å². The van der Waals surface area contributed by atoms with Gasteiger partial charge in [-0.05, 0) is 38.0 Å². The number of aliphatic imine (C=N–C) groups is 1. The molecule has 1 aromatic rings. The van der Waals surface area contributed by atoms with Crippen LogP contribution in [-0.2, 0) is 4.74 Å². The molecule has 0 spiro atoms. The van der Waals surface area contributed by atoms with E-state index in [9.17, 15) is 0 Å². The largest absolute Gasteiger partial charge is 0.381 e. The van der Waals surface area contributed by atoms with Crippen LogP contribution in [0, 0.1) is 5.92 Å². The number of anilines is 1. The molecule has 2 atom stereocenters. The Morgan fingerprint density at radius 2 is 2.28 bits per heavy atom. The molecule has 2 saturated heterocycles. The lowest BCUT2D eigenvalue weighted by Gasteiger charge is -2.20. The average Bonchev–Trinajstić information content (AvgIpc) is 3.25. The molecule has 0 aromatic heterocycles. The van der Waals surface area contributed by atoms with Crippen molar-refractivity contribution >= 4 is 47.2 Å². The highest BCUT2D eigenvalue weighted by Crippen LogP contribution is 2.23. The van der Waals surface area contributed by atoms with Gasteiger partial charge in [-0.3, -0.25) is 4.99 Å². The number of benzene rings is 1. The van der Waals surface area contributed by atoms with E-state index < -0.39 is 0 Å². The Balaban J connectivity index is 0.00000225. The highest BCUT2D eigenvalue weighted by Gasteiger charge is 2.24. The van der Waals surface area contributed by atoms with E-state index in [0.717, 1.165) is 63.2 Å². The molecule has 3 rings (SSSR count). The van der Waals surface area contributed by atoms with Crippen molar-refractivity contribution in [3.05, 3.63) is 29.3 Å². The number of halogens is 2. The van der Waals surface area contributed by atoms with Crippen molar-refractivity contribution in [3.8, 4) is 0 Å². The van der Waals surface area contributed by atoms with Gasteiger partial charge in [0.1, 0.15) is 0 Å². The summed E-state index contributed by atoms with van der Waals surface area (Å²) in [5, 5.41) is 7.72. The molecule has 0 aliphatic carbocycles. The van der Waals surface area contributed by atoms with E-state index in [-0.39, 0.29) is 24.0 Å². The fourth-order valence-electron chi connectivity index (χ4n) is 3.25. The number of hydrogen-bond acceptors (Lipinski definition) is 3. The summed E-state index contributed by atoms with van der Waals surface area (Å²) in [4.78, 5) is 7.12. The molecular weight excluding hydrogens is 451 g/mol. The maximum Gasteiger partial charge on any atom is 0.191 e. The minimum atomic E-state index is 0. The maximum atomic E-state index is 6.11. The van der Waals surface area contributed by atoms with E-state index >= 15 is 0 Å². The Bertz CT molecular complexity index is 566. The number of hydrogen-bond donors (Lipinski definition) is 2. The monoisotopic (exact) mass is 478 g/mol. The summed E-state index contributed by atoms with van der Waals surface area (Å²) in [6, 6.07) is 8.48. The molecule has 0 bridgehead atoms. The first kappa shape index (κ1) is 20.6. The lowest BCUT2D eigenvalue weighted by Crippen LogP contribution is -2.44. The molecule has 140 valence electrons. The molecule has 2 heterocycles. The van der Waals surface area contributed by atoms with E-state index in [2.05, 4.69) is 28.5 Å². The Labute approximate surface area is 172 Å². The molecule has 0 radical (unpaired) electrons. The van der Waals surface area contributed by atoms with E-state index in [1.54, 1.807) is 0 Å². The molecule has 0 saturated carbocycles. The Morgan fingerprint density at radius 3 is 3.00 bits per heavy atom. The molecular formula is C18H28ClIN4O. The zero-order valence-corrected chi connectivity index (χ0v) is 17.8. The van der Waals surface area contributed by atoms with Gasteiger partial charge in [0.2, 0.25) is 0 Å². The third kappa shape index (κ3) is 6.18. The number of guanidine groups is 1. The topological polar surface area (TPSA) is 48.9 Å². The standard InChI is InChI=1S/C18H27ClN4O.HI/c1-2-20-18(21-11-14-7-9-24-13-14)22-16-6-8-23(12-16)17-5-3-4-15(19)10-17;/h3-5,10,14,16H,2,6-9,11-13H2,1H3,(H2,20,21,22);1H. The van der Waals surface area contributed by atoms with Crippen LogP contribution in [0.15, 0.2) is 29.3 Å². The van der Waals surface area contributed by atoms with Crippen LogP contribution in [0.1, 0.15) is 19.8 Å². The van der Waals surface area contributed by atoms with Crippen molar-refractivity contribution in [1.29, 1.82) is 0 Å². The second-order valence-corrected chi connectivity index (χ2v) is 6.94. The fraction of sp³-hybridized carbons (Fsp3) is 0.611. The summed E-state index contributed by atoms with van der Waals surface area (Å²) < 4.78 is 5.43. The normalized spacial score (nSPS) is 23.4. The molecule has 2 unspecified atom stereocenters. The maximum absolute atomic E-state index is 6.11. The van der Waals surface area contributed by atoms with Crippen LogP contribution in [0.5, 0.6) is 0 Å². The zero-order valence-electron chi connectivity index (χ0n) is 14.7. The van der Waals surface area contributed by atoms with E-state index in [0.29, 0.717) is 12.0 Å². The third-order valence-electron chi connectivity index (χ3n) is 4.58. The summed E-state index contributed by atoms with van der Waals surface area (Å²) in [5.74, 6) is 1.48. The molecule has 2 N–H and O–H groups in total. The molecule has 2 aliphatic heterocycles. The minimum Gasteiger partial charge on any atom is -0.381 e. The van der Waals surface area contributed by atoms with Gasteiger partial charge >= 0.3 is 0 Å². The van der Waals surface area contributed by atoms with Crippen LogP contribution >= 0.6 is 35.6 Å². The third-order valence-corrected chi connectivity index (χ3v) is 4.81. The highest BCUT2D eigenvalue weighted by atomic mass is 127. The Hall–Kier alpha value is -0.730. The first-order valence-electron chi connectivity index (χ1n) is 8.87. The van der Waals surface area contributed by atoms with Gasteiger partial charge in [-0.15, -0.1) is 24.0 Å². The van der Waals surface area contributed by atoms with Gasteiger partial charge in [-0.1, -0.05) is 17.7 Å². The van der Waals surface area contributed by atoms with Crippen molar-refractivity contribution in [2.75, 3.05) is 44.3 Å². The Kier molecular flexibility index (Phi) is 8.58. The van der Waals surface area contributed by atoms with Gasteiger partial charge in [0.25, 0.3) is 0 Å². The first-order chi connectivity index (χ1) is 11.7. The summed E-state index contributed by atoms with van der Waals surface area (Å²) in [6.45, 7) is 7.53. The van der Waals surface area contributed by atoms with Crippen LogP contribution in [0.25, 0.3) is 0 Å². The minimum absolute atomic E-state index is 0. The van der Waals surface area contributed by atoms with Crippen LogP contribution in [0.4, 0.5) is 5.69 Å². The van der Waals surface area contributed by atoms with Gasteiger partial charge in [0.05, 0.1) is 6.61 Å². The molecule has 7 heteroatoms. The number of ether oxygens (including phenoxy) is 1. The number of nitrogens with one attached hydrogen (secondary N) is 2. The Morgan fingerprint density at radius 1 is 1.40 bits per heavy atom. The van der Waals surface area contributed by atoms with E-state index in [1.807, 2.05) is 18.2 Å². The molecule has 0 amide bonds. The summed E-state index contributed by atoms with van der Waals surface area (Å²) in [6.07, 6.45) is 2.22. The highest BCUT2D eigenvalue weighted by molar-refractivity contribution is 14.0. The summed E-state index contributed by atoms with van der Waals surface area (Å²) >= 11 is 6.11. The second kappa shape index (κ2) is 10.4. The van der Waals surface area contributed by atoms with Crippen molar-refractivity contribution in [1.82, 2.24) is 10.6 Å². The first-order valence-corrected chi connectivity index (χ1v) is 9.25. The second-order valence-electron chi connectivity index (χ2n) is 6.51. The number of nitrogens with zero attached hydrogens (tertiary/aromatic N) is 2. The van der Waals surface area contributed by atoms with Crippen molar-refractivity contribution < 1.29 is 4.74 Å². The van der Waals surface area contributed by atoms with Crippen LogP contribution in [-0.4, -0.2) is 51.4 Å². The zero-order chi connectivity index (χ0) is 16.8. The van der Waals surface area contributed by atoms with E-state index in [1.165, 1.54) is 5.69 Å². The lowest BCUT2D eigenvalue weighted by molar-refractivity contribution is 0.187. The van der Waals surface area contributed by atoms with Crippen molar-refractivity contribution in [2.24, 2.45) is 10.9 Å². The predicted molar refractivity (Wildman–Crippen MR) is 116 cm³/mol. The van der Waals surface area contributed by atoms with Crippen LogP contribution < -0.4 is 15.5 Å². The molecule has 5 nitrogen and oxygen atoms in total. The van der Waals surface area contributed by atoms with E-state index in [4.69, 9.17) is 21.3 Å². The van der Waals surface area contributed by atoms with Crippen molar-refractivity contribution in [2.45, 2.75) is 25.8 Å². The smallest absolute Gasteiger partial charge is 0.191 e. The fourth-order valence-corrected chi connectivity index (χ4v) is 3.43. The lowest BCUT2D eigenvalue weighted by atomic mass is 10.1. The SMILES string of the molecule is CCNC(=NCC1CCOC1)NC1CCN(c2cccc(Cl)c2)C1.I. The van der Waals surface area contributed by atoms with Crippen LogP contribution in [0.2, 0.25) is 5.02 Å². The van der Waals surface area contributed by atoms with Crippen molar-refractivity contribution in [3.63, 3.8) is 0 Å². The summed E-state index contributed by atoms with van der Waals surface area (Å²) in [7, 11) is 0. The quantitative estimate of drug-likeness (QED) is 0.388. The molecule has 1 aromatic carbocycles. The van der Waals surface area contributed by atoms with Gasteiger partial charge < -0.3 is 20.3 Å². The van der Waals surface area contributed by atoms with Gasteiger partial charge in [0.15, 0.2) is 5.96 Å². The predicted octanol–water partition coefficient (Wildman–Crippen LogP) is 3.13. The summed E-state index contributed by atoms with van der Waals surface area (Å²) in [5.41, 5.74) is 1.19. The van der Waals surface area contributed by atoms with Crippen LogP contribution in [0.3, 0.4) is 0 Å². The number of rotatable bonds is 5. The average molecular weight is 479 g/mol. The molecule has 25 heavy (non-hydrogen) atoms.